The third kappa shape index (κ3) is 1.35. The molecule has 3 aliphatic rings. The molecule has 88 valence electrons. The van der Waals surface area contributed by atoms with Gasteiger partial charge in [-0.3, -0.25) is 4.79 Å². The van der Waals surface area contributed by atoms with Crippen LogP contribution in [0.25, 0.3) is 0 Å². The Kier molecular flexibility index (Phi) is 1.76. The molecule has 3 unspecified atom stereocenters. The fourth-order valence-electron chi connectivity index (χ4n) is 3.25. The molecule has 17 heavy (non-hydrogen) atoms. The Labute approximate surface area is 100 Å². The molecule has 3 heteroatoms. The van der Waals surface area contributed by atoms with Crippen molar-refractivity contribution in [2.75, 3.05) is 6.61 Å². The number of fused-ring (bicyclic) bond motifs is 2. The average molecular weight is 229 g/mol. The van der Waals surface area contributed by atoms with Crippen LogP contribution >= 0.6 is 0 Å². The highest BCUT2D eigenvalue weighted by Crippen LogP contribution is 2.56. The number of rotatable bonds is 2. The van der Waals surface area contributed by atoms with E-state index < -0.39 is 0 Å². The lowest BCUT2D eigenvalue weighted by molar-refractivity contribution is -0.122. The van der Waals surface area contributed by atoms with E-state index in [-0.39, 0.29) is 17.4 Å². The van der Waals surface area contributed by atoms with Crippen molar-refractivity contribution in [3.05, 3.63) is 35.4 Å². The van der Waals surface area contributed by atoms with Gasteiger partial charge in [-0.25, -0.2) is 0 Å². The molecule has 1 saturated carbocycles. The highest BCUT2D eigenvalue weighted by molar-refractivity contribution is 5.83. The zero-order chi connectivity index (χ0) is 11.5. The maximum atomic E-state index is 11.7. The van der Waals surface area contributed by atoms with Gasteiger partial charge in [0, 0.05) is 11.5 Å². The highest BCUT2D eigenvalue weighted by atomic mass is 16.6. The van der Waals surface area contributed by atoms with Crippen LogP contribution in [0.15, 0.2) is 24.3 Å². The molecule has 1 heterocycles. The highest BCUT2D eigenvalue weighted by Gasteiger charge is 2.59. The Morgan fingerprint density at radius 3 is 3.06 bits per heavy atom. The quantitative estimate of drug-likeness (QED) is 0.773. The number of carbonyl (C=O) groups is 1. The molecule has 2 aliphatic carbocycles. The maximum Gasteiger partial charge on any atom is 0.251 e. The minimum Gasteiger partial charge on any atom is -0.363 e. The largest absolute Gasteiger partial charge is 0.363 e. The fraction of sp³-hybridized carbons (Fsp3) is 0.500. The second-order valence-corrected chi connectivity index (χ2v) is 5.40. The number of carbonyl (C=O) groups excluding carboxylic acids is 1. The molecule has 0 radical (unpaired) electrons. The number of hydrogen-bond acceptors (Lipinski definition) is 2. The molecule has 0 bridgehead atoms. The van der Waals surface area contributed by atoms with Gasteiger partial charge in [-0.15, -0.1) is 0 Å². The third-order valence-electron chi connectivity index (χ3n) is 4.41. The van der Waals surface area contributed by atoms with Crippen molar-refractivity contribution in [3.8, 4) is 0 Å². The average Bonchev–Trinajstić information content (AvgIpc) is 3.21. The molecular formula is C14H15NO2. The van der Waals surface area contributed by atoms with E-state index in [1.807, 2.05) is 0 Å². The van der Waals surface area contributed by atoms with Crippen LogP contribution in [0.3, 0.4) is 0 Å². The predicted octanol–water partition coefficient (Wildman–Crippen LogP) is 1.16. The first-order valence-electron chi connectivity index (χ1n) is 6.30. The standard InChI is InChI=1S/C14H15NO2/c16-13(11-8-17-11)15-12-7-14(12)6-5-9-3-1-2-4-10(9)14/h1-4,11-12H,5-8H2,(H,15,16). The number of benzene rings is 1. The van der Waals surface area contributed by atoms with Gasteiger partial charge in [0.2, 0.25) is 0 Å². The predicted molar refractivity (Wildman–Crippen MR) is 62.7 cm³/mol. The molecule has 0 aromatic heterocycles. The van der Waals surface area contributed by atoms with Gasteiger partial charge in [-0.1, -0.05) is 24.3 Å². The molecule has 3 atom stereocenters. The van der Waals surface area contributed by atoms with E-state index in [0.717, 1.165) is 12.8 Å². The Morgan fingerprint density at radius 1 is 1.41 bits per heavy atom. The van der Waals surface area contributed by atoms with E-state index in [0.29, 0.717) is 12.6 Å². The molecule has 4 rings (SSSR count). The SMILES string of the molecule is O=C(NC1CC12CCc1ccccc12)C1CO1. The van der Waals surface area contributed by atoms with Crippen molar-refractivity contribution in [2.24, 2.45) is 0 Å². The van der Waals surface area contributed by atoms with E-state index in [9.17, 15) is 4.79 Å². The summed E-state index contributed by atoms with van der Waals surface area (Å²) in [5, 5.41) is 3.13. The molecule has 1 aromatic carbocycles. The summed E-state index contributed by atoms with van der Waals surface area (Å²) in [5.41, 5.74) is 3.18. The number of hydrogen-bond donors (Lipinski definition) is 1. The second-order valence-electron chi connectivity index (χ2n) is 5.40. The van der Waals surface area contributed by atoms with Crippen molar-refractivity contribution in [1.82, 2.24) is 5.32 Å². The lowest BCUT2D eigenvalue weighted by Gasteiger charge is -2.11. The van der Waals surface area contributed by atoms with Crippen LogP contribution in [0.4, 0.5) is 0 Å². The van der Waals surface area contributed by atoms with Crippen molar-refractivity contribution < 1.29 is 9.53 Å². The van der Waals surface area contributed by atoms with Crippen LogP contribution in [0.2, 0.25) is 0 Å². The van der Waals surface area contributed by atoms with Gasteiger partial charge in [0.05, 0.1) is 6.61 Å². The molecule has 1 aliphatic heterocycles. The van der Waals surface area contributed by atoms with Crippen LogP contribution in [0, 0.1) is 0 Å². The van der Waals surface area contributed by atoms with E-state index in [2.05, 4.69) is 29.6 Å². The maximum absolute atomic E-state index is 11.7. The molecule has 1 saturated heterocycles. The molecule has 2 fully saturated rings. The first kappa shape index (κ1) is 9.66. The van der Waals surface area contributed by atoms with Crippen LogP contribution in [-0.4, -0.2) is 24.7 Å². The zero-order valence-electron chi connectivity index (χ0n) is 9.61. The summed E-state index contributed by atoms with van der Waals surface area (Å²) in [6.07, 6.45) is 3.28. The van der Waals surface area contributed by atoms with Crippen molar-refractivity contribution in [2.45, 2.75) is 36.8 Å². The topological polar surface area (TPSA) is 41.6 Å². The molecular weight excluding hydrogens is 214 g/mol. The molecule has 1 spiro atoms. The van der Waals surface area contributed by atoms with Gasteiger partial charge in [0.1, 0.15) is 0 Å². The second kappa shape index (κ2) is 3.10. The van der Waals surface area contributed by atoms with E-state index >= 15 is 0 Å². The lowest BCUT2D eigenvalue weighted by Crippen LogP contribution is -2.33. The van der Waals surface area contributed by atoms with Gasteiger partial charge >= 0.3 is 0 Å². The number of aryl methyl sites for hydroxylation is 1. The summed E-state index contributed by atoms with van der Waals surface area (Å²) in [5.74, 6) is 0.0799. The Morgan fingerprint density at radius 2 is 2.24 bits per heavy atom. The summed E-state index contributed by atoms with van der Waals surface area (Å²) in [6, 6.07) is 8.98. The van der Waals surface area contributed by atoms with Gasteiger partial charge in [-0.2, -0.15) is 0 Å². The van der Waals surface area contributed by atoms with Crippen molar-refractivity contribution in [1.29, 1.82) is 0 Å². The number of nitrogens with one attached hydrogen (secondary N) is 1. The van der Waals surface area contributed by atoms with E-state index in [1.165, 1.54) is 17.5 Å². The summed E-state index contributed by atoms with van der Waals surface area (Å²) in [4.78, 5) is 11.7. The van der Waals surface area contributed by atoms with Crippen molar-refractivity contribution >= 4 is 5.91 Å². The summed E-state index contributed by atoms with van der Waals surface area (Å²) in [7, 11) is 0. The van der Waals surface area contributed by atoms with E-state index in [4.69, 9.17) is 4.74 Å². The van der Waals surface area contributed by atoms with Crippen LogP contribution in [-0.2, 0) is 21.4 Å². The summed E-state index contributed by atoms with van der Waals surface area (Å²) >= 11 is 0. The van der Waals surface area contributed by atoms with Gasteiger partial charge < -0.3 is 10.1 Å². The van der Waals surface area contributed by atoms with Gasteiger partial charge in [-0.05, 0) is 30.4 Å². The Bertz CT molecular complexity index is 495. The van der Waals surface area contributed by atoms with Crippen LogP contribution < -0.4 is 5.32 Å². The van der Waals surface area contributed by atoms with Crippen molar-refractivity contribution in [3.63, 3.8) is 0 Å². The first-order valence-corrected chi connectivity index (χ1v) is 6.30. The number of amides is 1. The molecule has 1 amide bonds. The summed E-state index contributed by atoms with van der Waals surface area (Å²) < 4.78 is 5.01. The molecule has 3 nitrogen and oxygen atoms in total. The molecule has 1 aromatic rings. The number of ether oxygens (including phenoxy) is 1. The monoisotopic (exact) mass is 229 g/mol. The third-order valence-corrected chi connectivity index (χ3v) is 4.41. The first-order chi connectivity index (χ1) is 8.29. The minimum atomic E-state index is -0.163. The Balaban J connectivity index is 1.55. The van der Waals surface area contributed by atoms with E-state index in [1.54, 1.807) is 0 Å². The normalized spacial score (nSPS) is 36.7. The summed E-state index contributed by atoms with van der Waals surface area (Å²) in [6.45, 7) is 0.599. The minimum absolute atomic E-state index is 0.0799. The molecule has 1 N–H and O–H groups in total. The number of epoxide rings is 1. The fourth-order valence-corrected chi connectivity index (χ4v) is 3.25. The van der Waals surface area contributed by atoms with Gasteiger partial charge in [0.15, 0.2) is 6.10 Å². The van der Waals surface area contributed by atoms with Crippen LogP contribution in [0.1, 0.15) is 24.0 Å². The van der Waals surface area contributed by atoms with Crippen LogP contribution in [0.5, 0.6) is 0 Å². The zero-order valence-corrected chi connectivity index (χ0v) is 9.61. The van der Waals surface area contributed by atoms with Gasteiger partial charge in [0.25, 0.3) is 5.91 Å². The smallest absolute Gasteiger partial charge is 0.251 e. The Hall–Kier alpha value is -1.35. The lowest BCUT2D eigenvalue weighted by atomic mass is 9.97.